The Morgan fingerprint density at radius 3 is 3.27 bits per heavy atom. The van der Waals surface area contributed by atoms with E-state index in [1.54, 1.807) is 12.1 Å². The lowest BCUT2D eigenvalue weighted by Crippen LogP contribution is -2.11. The minimum atomic E-state index is -0.551. The van der Waals surface area contributed by atoms with Gasteiger partial charge in [0.05, 0.1) is 12.7 Å². The number of rotatable bonds is 4. The lowest BCUT2D eigenvalue weighted by atomic mass is 10.2. The topological polar surface area (TPSA) is 31.4 Å². The standard InChI is InChI=1S/C11H14FNO2/c12-11-10(4-1-6-13-11)15-8-5-9-3-2-7-14-9/h1,4,6,9H,2-3,5,7-8H2. The molecule has 2 rings (SSSR count). The Morgan fingerprint density at radius 2 is 2.53 bits per heavy atom. The molecule has 1 aromatic heterocycles. The first-order valence-corrected chi connectivity index (χ1v) is 5.21. The maximum Gasteiger partial charge on any atom is 0.255 e. The van der Waals surface area contributed by atoms with Gasteiger partial charge in [0.25, 0.3) is 5.95 Å². The van der Waals surface area contributed by atoms with Crippen molar-refractivity contribution in [3.8, 4) is 5.75 Å². The van der Waals surface area contributed by atoms with Gasteiger partial charge < -0.3 is 9.47 Å². The molecule has 1 atom stereocenters. The van der Waals surface area contributed by atoms with Gasteiger partial charge in [-0.25, -0.2) is 4.98 Å². The molecule has 0 radical (unpaired) electrons. The van der Waals surface area contributed by atoms with Crippen molar-refractivity contribution in [3.63, 3.8) is 0 Å². The highest BCUT2D eigenvalue weighted by Gasteiger charge is 2.15. The van der Waals surface area contributed by atoms with Crippen molar-refractivity contribution in [2.75, 3.05) is 13.2 Å². The van der Waals surface area contributed by atoms with Gasteiger partial charge in [-0.2, -0.15) is 4.39 Å². The predicted molar refractivity (Wildman–Crippen MR) is 53.3 cm³/mol. The lowest BCUT2D eigenvalue weighted by molar-refractivity contribution is 0.0896. The van der Waals surface area contributed by atoms with Crippen LogP contribution < -0.4 is 4.74 Å². The van der Waals surface area contributed by atoms with Gasteiger partial charge in [0.2, 0.25) is 0 Å². The highest BCUT2D eigenvalue weighted by molar-refractivity contribution is 5.17. The van der Waals surface area contributed by atoms with Crippen molar-refractivity contribution in [2.45, 2.75) is 25.4 Å². The summed E-state index contributed by atoms with van der Waals surface area (Å²) in [5, 5.41) is 0. The monoisotopic (exact) mass is 211 g/mol. The maximum atomic E-state index is 13.0. The molecule has 2 heterocycles. The first-order valence-electron chi connectivity index (χ1n) is 5.21. The van der Waals surface area contributed by atoms with E-state index in [-0.39, 0.29) is 11.9 Å². The van der Waals surface area contributed by atoms with E-state index in [0.717, 1.165) is 25.9 Å². The molecule has 0 N–H and O–H groups in total. The molecule has 3 nitrogen and oxygen atoms in total. The number of ether oxygens (including phenoxy) is 2. The molecular weight excluding hydrogens is 197 g/mol. The Bertz CT molecular complexity index is 313. The summed E-state index contributed by atoms with van der Waals surface area (Å²) in [6, 6.07) is 3.24. The number of nitrogens with zero attached hydrogens (tertiary/aromatic N) is 1. The number of hydrogen-bond acceptors (Lipinski definition) is 3. The van der Waals surface area contributed by atoms with Gasteiger partial charge in [0, 0.05) is 19.2 Å². The highest BCUT2D eigenvalue weighted by atomic mass is 19.1. The van der Waals surface area contributed by atoms with E-state index >= 15 is 0 Å². The molecule has 1 aromatic rings. The van der Waals surface area contributed by atoms with Gasteiger partial charge in [-0.15, -0.1) is 0 Å². The minimum Gasteiger partial charge on any atom is -0.489 e. The highest BCUT2D eigenvalue weighted by Crippen LogP contribution is 2.17. The van der Waals surface area contributed by atoms with Crippen LogP contribution in [0.15, 0.2) is 18.3 Å². The molecule has 1 unspecified atom stereocenters. The largest absolute Gasteiger partial charge is 0.489 e. The fourth-order valence-electron chi connectivity index (χ4n) is 1.65. The van der Waals surface area contributed by atoms with E-state index < -0.39 is 5.95 Å². The summed E-state index contributed by atoms with van der Waals surface area (Å²) in [5.41, 5.74) is 0. The Labute approximate surface area is 88.2 Å². The molecule has 1 fully saturated rings. The zero-order valence-electron chi connectivity index (χ0n) is 8.49. The van der Waals surface area contributed by atoms with Crippen LogP contribution in [-0.4, -0.2) is 24.3 Å². The minimum absolute atomic E-state index is 0.218. The van der Waals surface area contributed by atoms with Gasteiger partial charge in [0.15, 0.2) is 5.75 Å². The molecule has 1 saturated heterocycles. The molecule has 0 amide bonds. The van der Waals surface area contributed by atoms with Crippen LogP contribution in [0.3, 0.4) is 0 Å². The summed E-state index contributed by atoms with van der Waals surface area (Å²) in [7, 11) is 0. The first kappa shape index (κ1) is 10.4. The van der Waals surface area contributed by atoms with Crippen molar-refractivity contribution < 1.29 is 13.9 Å². The summed E-state index contributed by atoms with van der Waals surface area (Å²) < 4.78 is 23.7. The third-order valence-corrected chi connectivity index (χ3v) is 2.45. The number of hydrogen-bond donors (Lipinski definition) is 0. The van der Waals surface area contributed by atoms with Crippen molar-refractivity contribution in [2.24, 2.45) is 0 Å². The molecule has 0 spiro atoms. The smallest absolute Gasteiger partial charge is 0.255 e. The number of pyridine rings is 1. The van der Waals surface area contributed by atoms with Crippen LogP contribution in [0, 0.1) is 5.95 Å². The van der Waals surface area contributed by atoms with Crippen LogP contribution in [0.5, 0.6) is 5.75 Å². The Hall–Kier alpha value is -1.16. The number of halogens is 1. The van der Waals surface area contributed by atoms with Gasteiger partial charge >= 0.3 is 0 Å². The third-order valence-electron chi connectivity index (χ3n) is 2.45. The molecule has 1 aliphatic heterocycles. The SMILES string of the molecule is Fc1ncccc1OCCC1CCCO1. The summed E-state index contributed by atoms with van der Waals surface area (Å²) in [6.45, 7) is 1.32. The van der Waals surface area contributed by atoms with E-state index in [0.29, 0.717) is 6.61 Å². The zero-order chi connectivity index (χ0) is 10.5. The normalized spacial score (nSPS) is 20.5. The fraction of sp³-hybridized carbons (Fsp3) is 0.545. The van der Waals surface area contributed by atoms with Gasteiger partial charge in [0.1, 0.15) is 0 Å². The van der Waals surface area contributed by atoms with Crippen molar-refractivity contribution in [1.82, 2.24) is 4.98 Å². The van der Waals surface area contributed by atoms with E-state index in [4.69, 9.17) is 9.47 Å². The fourth-order valence-corrected chi connectivity index (χ4v) is 1.65. The van der Waals surface area contributed by atoms with Gasteiger partial charge in [-0.3, -0.25) is 0 Å². The number of aromatic nitrogens is 1. The zero-order valence-corrected chi connectivity index (χ0v) is 8.49. The molecule has 0 aromatic carbocycles. The summed E-state index contributed by atoms with van der Waals surface area (Å²) in [4.78, 5) is 3.51. The molecular formula is C11H14FNO2. The summed E-state index contributed by atoms with van der Waals surface area (Å²) >= 11 is 0. The van der Waals surface area contributed by atoms with Crippen LogP contribution in [-0.2, 0) is 4.74 Å². The molecule has 82 valence electrons. The summed E-state index contributed by atoms with van der Waals surface area (Å²) in [5.74, 6) is -0.333. The van der Waals surface area contributed by atoms with Crippen LogP contribution >= 0.6 is 0 Å². The van der Waals surface area contributed by atoms with Gasteiger partial charge in [-0.1, -0.05) is 0 Å². The lowest BCUT2D eigenvalue weighted by Gasteiger charge is -2.10. The molecule has 0 bridgehead atoms. The second kappa shape index (κ2) is 5.07. The molecule has 15 heavy (non-hydrogen) atoms. The van der Waals surface area contributed by atoms with Crippen LogP contribution in [0.2, 0.25) is 0 Å². The second-order valence-electron chi connectivity index (χ2n) is 3.56. The Balaban J connectivity index is 1.75. The van der Waals surface area contributed by atoms with E-state index in [2.05, 4.69) is 4.98 Å². The van der Waals surface area contributed by atoms with E-state index in [1.807, 2.05) is 0 Å². The molecule has 0 aliphatic carbocycles. The second-order valence-corrected chi connectivity index (χ2v) is 3.56. The maximum absolute atomic E-state index is 13.0. The third kappa shape index (κ3) is 2.89. The molecule has 4 heteroatoms. The first-order chi connectivity index (χ1) is 7.36. The van der Waals surface area contributed by atoms with Crippen molar-refractivity contribution >= 4 is 0 Å². The average molecular weight is 211 g/mol. The van der Waals surface area contributed by atoms with Crippen molar-refractivity contribution in [1.29, 1.82) is 0 Å². The molecule has 1 aliphatic rings. The average Bonchev–Trinajstić information content (AvgIpc) is 2.74. The van der Waals surface area contributed by atoms with E-state index in [1.165, 1.54) is 6.20 Å². The molecule has 0 saturated carbocycles. The Morgan fingerprint density at radius 1 is 1.60 bits per heavy atom. The Kier molecular flexibility index (Phi) is 3.50. The van der Waals surface area contributed by atoms with Crippen LogP contribution in [0.25, 0.3) is 0 Å². The van der Waals surface area contributed by atoms with E-state index in [9.17, 15) is 4.39 Å². The van der Waals surface area contributed by atoms with Crippen molar-refractivity contribution in [3.05, 3.63) is 24.3 Å². The van der Waals surface area contributed by atoms with Crippen LogP contribution in [0.4, 0.5) is 4.39 Å². The van der Waals surface area contributed by atoms with Crippen LogP contribution in [0.1, 0.15) is 19.3 Å². The predicted octanol–water partition coefficient (Wildman–Crippen LogP) is 2.17. The summed E-state index contributed by atoms with van der Waals surface area (Å²) in [6.07, 6.45) is 4.70. The van der Waals surface area contributed by atoms with Gasteiger partial charge in [-0.05, 0) is 25.0 Å². The quantitative estimate of drug-likeness (QED) is 0.715.